The van der Waals surface area contributed by atoms with Crippen LogP contribution in [0.25, 0.3) is 10.9 Å². The van der Waals surface area contributed by atoms with Crippen LogP contribution >= 0.6 is 22.6 Å². The number of alkyl halides is 3. The minimum absolute atomic E-state index is 0.299. The van der Waals surface area contributed by atoms with E-state index in [0.717, 1.165) is 15.7 Å². The Bertz CT molecular complexity index is 551. The fraction of sp³-hybridized carbons (Fsp3) is 0.100. The van der Waals surface area contributed by atoms with Gasteiger partial charge in [-0.2, -0.15) is 13.2 Å². The van der Waals surface area contributed by atoms with E-state index in [1.54, 1.807) is 0 Å². The maximum Gasteiger partial charge on any atom is 0.416 e. The summed E-state index contributed by atoms with van der Waals surface area (Å²) in [7, 11) is 0. The Morgan fingerprint density at radius 2 is 1.94 bits per heavy atom. The summed E-state index contributed by atoms with van der Waals surface area (Å²) in [5.41, 5.74) is 5.68. The predicted molar refractivity (Wildman–Crippen MR) is 63.9 cm³/mol. The molecule has 1 aromatic carbocycles. The van der Waals surface area contributed by atoms with Crippen LogP contribution in [0.5, 0.6) is 0 Å². The fourth-order valence-electron chi connectivity index (χ4n) is 1.35. The normalized spacial score (nSPS) is 12.0. The van der Waals surface area contributed by atoms with Gasteiger partial charge in [-0.15, -0.1) is 0 Å². The smallest absolute Gasteiger partial charge is 0.397 e. The summed E-state index contributed by atoms with van der Waals surface area (Å²) in [6, 6.07) is 3.45. The Balaban J connectivity index is 2.70. The molecule has 1 aromatic heterocycles. The highest BCUT2D eigenvalue weighted by Crippen LogP contribution is 2.32. The summed E-state index contributed by atoms with van der Waals surface area (Å²) >= 11 is 1.99. The number of benzene rings is 1. The predicted octanol–water partition coefficient (Wildman–Crippen LogP) is 3.44. The zero-order chi connectivity index (χ0) is 11.9. The first-order chi connectivity index (χ1) is 7.39. The van der Waals surface area contributed by atoms with E-state index in [4.69, 9.17) is 5.73 Å². The highest BCUT2D eigenvalue weighted by Gasteiger charge is 2.30. The highest BCUT2D eigenvalue weighted by molar-refractivity contribution is 14.1. The van der Waals surface area contributed by atoms with Crippen molar-refractivity contribution in [1.29, 1.82) is 0 Å². The van der Waals surface area contributed by atoms with Gasteiger partial charge in [-0.1, -0.05) is 6.07 Å². The van der Waals surface area contributed by atoms with Crippen molar-refractivity contribution in [3.63, 3.8) is 0 Å². The average Bonchev–Trinajstić information content (AvgIpc) is 2.22. The molecule has 0 bridgehead atoms. The fourth-order valence-corrected chi connectivity index (χ4v) is 1.95. The molecule has 0 aliphatic carbocycles. The number of aromatic nitrogens is 1. The van der Waals surface area contributed by atoms with E-state index < -0.39 is 11.7 Å². The van der Waals surface area contributed by atoms with Crippen LogP contribution in [-0.4, -0.2) is 4.98 Å². The summed E-state index contributed by atoms with van der Waals surface area (Å²) in [6.07, 6.45) is -2.98. The van der Waals surface area contributed by atoms with Gasteiger partial charge in [0.1, 0.15) is 0 Å². The van der Waals surface area contributed by atoms with E-state index in [2.05, 4.69) is 4.98 Å². The summed E-state index contributed by atoms with van der Waals surface area (Å²) < 4.78 is 38.0. The quantitative estimate of drug-likeness (QED) is 0.748. The molecule has 0 fully saturated rings. The summed E-state index contributed by atoms with van der Waals surface area (Å²) in [4.78, 5) is 3.89. The van der Waals surface area contributed by atoms with E-state index in [1.165, 1.54) is 12.3 Å². The molecule has 0 saturated heterocycles. The van der Waals surface area contributed by atoms with Crippen LogP contribution in [0.4, 0.5) is 18.9 Å². The number of fused-ring (bicyclic) bond motifs is 1. The number of hydrogen-bond donors (Lipinski definition) is 1. The molecule has 0 spiro atoms. The Morgan fingerprint density at radius 1 is 1.25 bits per heavy atom. The number of anilines is 1. The molecule has 2 rings (SSSR count). The molecule has 0 aliphatic heterocycles. The molecular weight excluding hydrogens is 332 g/mol. The standard InChI is InChI=1S/C10H6F3IN2/c11-10(12,13)5-1-2-6-8(3-5)16-4-7(15)9(6)14/h1-4H,15H2. The van der Waals surface area contributed by atoms with Crippen molar-refractivity contribution in [3.8, 4) is 0 Å². The first-order valence-electron chi connectivity index (χ1n) is 4.30. The average molecular weight is 338 g/mol. The van der Waals surface area contributed by atoms with Gasteiger partial charge in [0.2, 0.25) is 0 Å². The minimum atomic E-state index is -4.34. The van der Waals surface area contributed by atoms with Gasteiger partial charge in [0.05, 0.1) is 23.0 Å². The third-order valence-electron chi connectivity index (χ3n) is 2.16. The first kappa shape index (κ1) is 11.4. The van der Waals surface area contributed by atoms with Crippen molar-refractivity contribution in [3.05, 3.63) is 33.5 Å². The number of nitrogen functional groups attached to an aromatic ring is 1. The van der Waals surface area contributed by atoms with Crippen LogP contribution < -0.4 is 5.73 Å². The Kier molecular flexibility index (Phi) is 2.69. The molecule has 0 unspecified atom stereocenters. The van der Waals surface area contributed by atoms with Crippen LogP contribution in [0.3, 0.4) is 0 Å². The molecular formula is C10H6F3IN2. The lowest BCUT2D eigenvalue weighted by Gasteiger charge is -2.08. The van der Waals surface area contributed by atoms with Gasteiger partial charge < -0.3 is 5.73 Å². The van der Waals surface area contributed by atoms with Crippen molar-refractivity contribution in [2.45, 2.75) is 6.18 Å². The van der Waals surface area contributed by atoms with Crippen molar-refractivity contribution in [2.24, 2.45) is 0 Å². The van der Waals surface area contributed by atoms with Crippen molar-refractivity contribution in [1.82, 2.24) is 4.98 Å². The molecule has 84 valence electrons. The van der Waals surface area contributed by atoms with E-state index in [1.807, 2.05) is 22.6 Å². The lowest BCUT2D eigenvalue weighted by atomic mass is 10.1. The van der Waals surface area contributed by atoms with E-state index in [-0.39, 0.29) is 0 Å². The van der Waals surface area contributed by atoms with Crippen LogP contribution in [0, 0.1) is 3.57 Å². The number of pyridine rings is 1. The van der Waals surface area contributed by atoms with Crippen molar-refractivity contribution < 1.29 is 13.2 Å². The number of rotatable bonds is 0. The molecule has 16 heavy (non-hydrogen) atoms. The number of hydrogen-bond acceptors (Lipinski definition) is 2. The van der Waals surface area contributed by atoms with Crippen LogP contribution in [-0.2, 0) is 6.18 Å². The molecule has 0 aliphatic rings. The second kappa shape index (κ2) is 3.76. The molecule has 0 radical (unpaired) electrons. The molecule has 6 heteroatoms. The van der Waals surface area contributed by atoms with Gasteiger partial charge in [0.15, 0.2) is 0 Å². The maximum atomic E-state index is 12.4. The molecule has 2 N–H and O–H groups in total. The molecule has 0 amide bonds. The second-order valence-corrected chi connectivity index (χ2v) is 4.34. The van der Waals surface area contributed by atoms with Gasteiger partial charge in [0, 0.05) is 8.96 Å². The lowest BCUT2D eigenvalue weighted by Crippen LogP contribution is -2.05. The van der Waals surface area contributed by atoms with E-state index in [0.29, 0.717) is 16.6 Å². The summed E-state index contributed by atoms with van der Waals surface area (Å²) in [6.45, 7) is 0. The van der Waals surface area contributed by atoms with Gasteiger partial charge in [0.25, 0.3) is 0 Å². The molecule has 2 nitrogen and oxygen atoms in total. The summed E-state index contributed by atoms with van der Waals surface area (Å²) in [5, 5.41) is 0.633. The Labute approximate surface area is 103 Å². The largest absolute Gasteiger partial charge is 0.416 e. The topological polar surface area (TPSA) is 38.9 Å². The monoisotopic (exact) mass is 338 g/mol. The van der Waals surface area contributed by atoms with Gasteiger partial charge in [-0.25, -0.2) is 0 Å². The van der Waals surface area contributed by atoms with Crippen molar-refractivity contribution >= 4 is 39.2 Å². The highest BCUT2D eigenvalue weighted by atomic mass is 127. The van der Waals surface area contributed by atoms with Gasteiger partial charge >= 0.3 is 6.18 Å². The number of nitrogens with two attached hydrogens (primary N) is 1. The SMILES string of the molecule is Nc1cnc2cc(C(F)(F)F)ccc2c1I. The van der Waals surface area contributed by atoms with Crippen molar-refractivity contribution in [2.75, 3.05) is 5.73 Å². The molecule has 1 heterocycles. The van der Waals surface area contributed by atoms with Crippen LogP contribution in [0.1, 0.15) is 5.56 Å². The third-order valence-corrected chi connectivity index (χ3v) is 3.36. The molecule has 0 saturated carbocycles. The molecule has 0 atom stereocenters. The van der Waals surface area contributed by atoms with E-state index in [9.17, 15) is 13.2 Å². The van der Waals surface area contributed by atoms with E-state index >= 15 is 0 Å². The third kappa shape index (κ3) is 1.93. The first-order valence-corrected chi connectivity index (χ1v) is 5.38. The number of halogens is 4. The van der Waals surface area contributed by atoms with Crippen LogP contribution in [0.2, 0.25) is 0 Å². The minimum Gasteiger partial charge on any atom is -0.397 e. The van der Waals surface area contributed by atoms with Gasteiger partial charge in [-0.3, -0.25) is 4.98 Å². The lowest BCUT2D eigenvalue weighted by molar-refractivity contribution is -0.137. The van der Waals surface area contributed by atoms with Gasteiger partial charge in [-0.05, 0) is 34.7 Å². The van der Waals surface area contributed by atoms with Crippen LogP contribution in [0.15, 0.2) is 24.4 Å². The maximum absolute atomic E-state index is 12.4. The summed E-state index contributed by atoms with van der Waals surface area (Å²) in [5.74, 6) is 0. The molecule has 2 aromatic rings. The zero-order valence-electron chi connectivity index (χ0n) is 7.85. The zero-order valence-corrected chi connectivity index (χ0v) is 10.0. The number of nitrogens with zero attached hydrogens (tertiary/aromatic N) is 1. The second-order valence-electron chi connectivity index (χ2n) is 3.26. The Hall–Kier alpha value is -1.05. The Morgan fingerprint density at radius 3 is 2.56 bits per heavy atom.